The fourth-order valence-corrected chi connectivity index (χ4v) is 2.63. The number of phenols is 1. The highest BCUT2D eigenvalue weighted by Gasteiger charge is 2.18. The number of aromatic hydroxyl groups is 1. The number of hydrogen-bond donors (Lipinski definition) is 1. The largest absolute Gasteiger partial charge is 0.508 e. The van der Waals surface area contributed by atoms with Gasteiger partial charge < -0.3 is 9.84 Å². The van der Waals surface area contributed by atoms with Crippen LogP contribution in [0.25, 0.3) is 11.3 Å². The van der Waals surface area contributed by atoms with Crippen LogP contribution in [0.15, 0.2) is 24.3 Å². The van der Waals surface area contributed by atoms with E-state index in [0.29, 0.717) is 12.7 Å². The summed E-state index contributed by atoms with van der Waals surface area (Å²) in [5, 5.41) is 17.7. The van der Waals surface area contributed by atoms with E-state index in [1.54, 1.807) is 16.8 Å². The van der Waals surface area contributed by atoms with Crippen LogP contribution in [-0.2, 0) is 18.4 Å². The van der Waals surface area contributed by atoms with Gasteiger partial charge in [-0.2, -0.15) is 0 Å². The third kappa shape index (κ3) is 2.67. The summed E-state index contributed by atoms with van der Waals surface area (Å²) in [5.74, 6) is 0.251. The minimum atomic E-state index is 0.251. The van der Waals surface area contributed by atoms with E-state index in [2.05, 4.69) is 10.3 Å². The summed E-state index contributed by atoms with van der Waals surface area (Å²) in [7, 11) is 1.88. The van der Waals surface area contributed by atoms with Crippen LogP contribution >= 0.6 is 0 Å². The Bertz CT molecular complexity index is 571. The molecule has 0 amide bonds. The molecule has 20 heavy (non-hydrogen) atoms. The lowest BCUT2D eigenvalue weighted by Gasteiger charge is -2.11. The molecule has 5 nitrogen and oxygen atoms in total. The number of nitrogens with zero attached hydrogens (tertiary/aromatic N) is 3. The van der Waals surface area contributed by atoms with E-state index in [1.807, 2.05) is 19.2 Å². The minimum absolute atomic E-state index is 0.251. The molecule has 1 aliphatic rings. The molecule has 1 aliphatic carbocycles. The van der Waals surface area contributed by atoms with Gasteiger partial charge >= 0.3 is 0 Å². The number of ether oxygens (including phenoxy) is 1. The topological polar surface area (TPSA) is 60.2 Å². The Kier molecular flexibility index (Phi) is 3.69. The summed E-state index contributed by atoms with van der Waals surface area (Å²) >= 11 is 0. The third-order valence-electron chi connectivity index (χ3n) is 3.84. The van der Waals surface area contributed by atoms with Gasteiger partial charge in [0.2, 0.25) is 0 Å². The van der Waals surface area contributed by atoms with Crippen LogP contribution in [0.1, 0.15) is 31.4 Å². The van der Waals surface area contributed by atoms with Crippen molar-refractivity contribution in [1.29, 1.82) is 0 Å². The fraction of sp³-hybridized carbons (Fsp3) is 0.467. The molecule has 1 N–H and O–H groups in total. The van der Waals surface area contributed by atoms with Gasteiger partial charge in [-0.3, -0.25) is 0 Å². The minimum Gasteiger partial charge on any atom is -0.508 e. The SMILES string of the molecule is Cn1nnc(-c2ccc(O)cc2)c1COC1CCCC1. The molecule has 1 heterocycles. The lowest BCUT2D eigenvalue weighted by molar-refractivity contribution is 0.0423. The molecule has 1 aromatic carbocycles. The lowest BCUT2D eigenvalue weighted by Crippen LogP contribution is -2.10. The van der Waals surface area contributed by atoms with E-state index in [9.17, 15) is 5.11 Å². The van der Waals surface area contributed by atoms with Crippen molar-refractivity contribution in [1.82, 2.24) is 15.0 Å². The molecule has 3 rings (SSSR count). The van der Waals surface area contributed by atoms with Crippen LogP contribution in [-0.4, -0.2) is 26.2 Å². The van der Waals surface area contributed by atoms with Gasteiger partial charge in [0.1, 0.15) is 11.4 Å². The van der Waals surface area contributed by atoms with E-state index >= 15 is 0 Å². The fourth-order valence-electron chi connectivity index (χ4n) is 2.63. The Morgan fingerprint density at radius 2 is 1.95 bits per heavy atom. The molecule has 1 saturated carbocycles. The molecule has 1 fully saturated rings. The van der Waals surface area contributed by atoms with Gasteiger partial charge in [0.15, 0.2) is 0 Å². The molecule has 0 bridgehead atoms. The Hall–Kier alpha value is -1.88. The average Bonchev–Trinajstić information content (AvgIpc) is 3.07. The number of phenolic OH excluding ortho intramolecular Hbond substituents is 1. The van der Waals surface area contributed by atoms with Crippen molar-refractivity contribution < 1.29 is 9.84 Å². The Balaban J connectivity index is 1.79. The maximum absolute atomic E-state index is 9.36. The molecule has 0 atom stereocenters. The Labute approximate surface area is 118 Å². The zero-order valence-electron chi connectivity index (χ0n) is 11.6. The van der Waals surface area contributed by atoms with Crippen LogP contribution in [0.4, 0.5) is 0 Å². The number of rotatable bonds is 4. The molecule has 0 saturated heterocycles. The van der Waals surface area contributed by atoms with Crippen molar-refractivity contribution in [3.8, 4) is 17.0 Å². The normalized spacial score (nSPS) is 15.8. The summed E-state index contributed by atoms with van der Waals surface area (Å²) in [6, 6.07) is 7.01. The number of benzene rings is 1. The lowest BCUT2D eigenvalue weighted by atomic mass is 10.1. The molecule has 2 aromatic rings. The summed E-state index contributed by atoms with van der Waals surface area (Å²) in [5.41, 5.74) is 2.74. The van der Waals surface area contributed by atoms with E-state index in [0.717, 1.165) is 29.8 Å². The highest BCUT2D eigenvalue weighted by atomic mass is 16.5. The second kappa shape index (κ2) is 5.63. The van der Waals surface area contributed by atoms with Crippen LogP contribution in [0.5, 0.6) is 5.75 Å². The van der Waals surface area contributed by atoms with Crippen molar-refractivity contribution in [2.45, 2.75) is 38.4 Å². The van der Waals surface area contributed by atoms with Crippen molar-refractivity contribution in [3.63, 3.8) is 0 Å². The second-order valence-corrected chi connectivity index (χ2v) is 5.27. The van der Waals surface area contributed by atoms with Crippen molar-refractivity contribution in [2.75, 3.05) is 0 Å². The number of aromatic nitrogens is 3. The second-order valence-electron chi connectivity index (χ2n) is 5.27. The zero-order chi connectivity index (χ0) is 13.9. The maximum Gasteiger partial charge on any atom is 0.118 e. The summed E-state index contributed by atoms with van der Waals surface area (Å²) in [4.78, 5) is 0. The molecular weight excluding hydrogens is 254 g/mol. The first-order chi connectivity index (χ1) is 9.74. The molecule has 0 aliphatic heterocycles. The summed E-state index contributed by atoms with van der Waals surface area (Å²) in [6.45, 7) is 0.532. The standard InChI is InChI=1S/C15H19N3O2/c1-18-14(10-20-13-4-2-3-5-13)15(16-17-18)11-6-8-12(19)9-7-11/h6-9,13,19H,2-5,10H2,1H3. The smallest absolute Gasteiger partial charge is 0.118 e. The monoisotopic (exact) mass is 273 g/mol. The van der Waals surface area contributed by atoms with E-state index < -0.39 is 0 Å². The van der Waals surface area contributed by atoms with Gasteiger partial charge in [-0.05, 0) is 37.1 Å². The van der Waals surface area contributed by atoms with Gasteiger partial charge in [0.05, 0.1) is 18.4 Å². The van der Waals surface area contributed by atoms with Gasteiger partial charge in [-0.15, -0.1) is 5.10 Å². The third-order valence-corrected chi connectivity index (χ3v) is 3.84. The van der Waals surface area contributed by atoms with Crippen LogP contribution in [0, 0.1) is 0 Å². The predicted octanol–water partition coefficient (Wildman–Crippen LogP) is 2.65. The molecular formula is C15H19N3O2. The number of aryl methyl sites for hydroxylation is 1. The quantitative estimate of drug-likeness (QED) is 0.930. The predicted molar refractivity (Wildman–Crippen MR) is 75.1 cm³/mol. The van der Waals surface area contributed by atoms with Crippen molar-refractivity contribution in [2.24, 2.45) is 7.05 Å². The summed E-state index contributed by atoms with van der Waals surface area (Å²) < 4.78 is 7.72. The maximum atomic E-state index is 9.36. The van der Waals surface area contributed by atoms with E-state index in [1.165, 1.54) is 12.8 Å². The molecule has 0 spiro atoms. The number of hydrogen-bond acceptors (Lipinski definition) is 4. The zero-order valence-corrected chi connectivity index (χ0v) is 11.6. The molecule has 106 valence electrons. The first kappa shape index (κ1) is 13.1. The highest BCUT2D eigenvalue weighted by molar-refractivity contribution is 5.62. The van der Waals surface area contributed by atoms with Crippen LogP contribution in [0.3, 0.4) is 0 Å². The van der Waals surface area contributed by atoms with Gasteiger partial charge in [-0.25, -0.2) is 4.68 Å². The van der Waals surface area contributed by atoms with Gasteiger partial charge in [-0.1, -0.05) is 18.1 Å². The first-order valence-electron chi connectivity index (χ1n) is 7.03. The van der Waals surface area contributed by atoms with E-state index in [-0.39, 0.29) is 5.75 Å². The Morgan fingerprint density at radius 1 is 1.25 bits per heavy atom. The van der Waals surface area contributed by atoms with E-state index in [4.69, 9.17) is 4.74 Å². The van der Waals surface area contributed by atoms with Crippen LogP contribution in [0.2, 0.25) is 0 Å². The van der Waals surface area contributed by atoms with Gasteiger partial charge in [0.25, 0.3) is 0 Å². The molecule has 1 aromatic heterocycles. The molecule has 0 radical (unpaired) electrons. The highest BCUT2D eigenvalue weighted by Crippen LogP contribution is 2.26. The van der Waals surface area contributed by atoms with Crippen LogP contribution < -0.4 is 0 Å². The molecule has 0 unspecified atom stereocenters. The van der Waals surface area contributed by atoms with Crippen molar-refractivity contribution >= 4 is 0 Å². The molecule has 5 heteroatoms. The average molecular weight is 273 g/mol. The van der Waals surface area contributed by atoms with Gasteiger partial charge in [0, 0.05) is 12.6 Å². The van der Waals surface area contributed by atoms with Crippen molar-refractivity contribution in [3.05, 3.63) is 30.0 Å². The first-order valence-corrected chi connectivity index (χ1v) is 7.03. The Morgan fingerprint density at radius 3 is 2.65 bits per heavy atom. The summed E-state index contributed by atoms with van der Waals surface area (Å²) in [6.07, 6.45) is 5.20.